The summed E-state index contributed by atoms with van der Waals surface area (Å²) in [6.07, 6.45) is 3.94. The summed E-state index contributed by atoms with van der Waals surface area (Å²) in [5.41, 5.74) is 0. The van der Waals surface area contributed by atoms with Crippen molar-refractivity contribution in [1.29, 1.82) is 0 Å². The first-order valence-corrected chi connectivity index (χ1v) is 7.29. The first-order chi connectivity index (χ1) is 9.24. The highest BCUT2D eigenvalue weighted by Gasteiger charge is 2.33. The Morgan fingerprint density at radius 2 is 2.32 bits per heavy atom. The zero-order valence-electron chi connectivity index (χ0n) is 10.5. The summed E-state index contributed by atoms with van der Waals surface area (Å²) >= 11 is 3.37. The van der Waals surface area contributed by atoms with Gasteiger partial charge >= 0.3 is 0 Å². The molecule has 1 unspecified atom stereocenters. The van der Waals surface area contributed by atoms with Crippen LogP contribution in [0.4, 0.5) is 5.82 Å². The van der Waals surface area contributed by atoms with E-state index in [-0.39, 0.29) is 11.9 Å². The summed E-state index contributed by atoms with van der Waals surface area (Å²) in [6.45, 7) is 1.75. The molecule has 6 heteroatoms. The standard InChI is InChI=1S/C13H16BrN3O2/c14-9-1-4-12(15-7-9)17-5-6-19-8-11(17)13(18)16-10-2-3-10/h1,4,7,10-11H,2-3,5-6,8H2,(H,16,18). The van der Waals surface area contributed by atoms with Crippen molar-refractivity contribution < 1.29 is 9.53 Å². The predicted molar refractivity (Wildman–Crippen MR) is 75.1 cm³/mol. The molecule has 0 spiro atoms. The van der Waals surface area contributed by atoms with Gasteiger partial charge in [-0.25, -0.2) is 4.98 Å². The quantitative estimate of drug-likeness (QED) is 0.910. The van der Waals surface area contributed by atoms with Crippen molar-refractivity contribution in [1.82, 2.24) is 10.3 Å². The molecular formula is C13H16BrN3O2. The topological polar surface area (TPSA) is 54.5 Å². The third-order valence-electron chi connectivity index (χ3n) is 3.36. The Morgan fingerprint density at radius 1 is 1.47 bits per heavy atom. The number of carbonyl (C=O) groups excluding carboxylic acids is 1. The van der Waals surface area contributed by atoms with Crippen LogP contribution >= 0.6 is 15.9 Å². The average Bonchev–Trinajstić information content (AvgIpc) is 3.23. The van der Waals surface area contributed by atoms with Crippen molar-refractivity contribution in [2.45, 2.75) is 24.9 Å². The van der Waals surface area contributed by atoms with Crippen molar-refractivity contribution in [2.24, 2.45) is 0 Å². The fraction of sp³-hybridized carbons (Fsp3) is 0.538. The smallest absolute Gasteiger partial charge is 0.245 e. The number of amides is 1. The Bertz CT molecular complexity index is 461. The first-order valence-electron chi connectivity index (χ1n) is 6.50. The highest BCUT2D eigenvalue weighted by Crippen LogP contribution is 2.22. The zero-order chi connectivity index (χ0) is 13.2. The lowest BCUT2D eigenvalue weighted by Crippen LogP contribution is -2.54. The van der Waals surface area contributed by atoms with Crippen molar-refractivity contribution >= 4 is 27.7 Å². The molecule has 2 aliphatic rings. The van der Waals surface area contributed by atoms with Crippen LogP contribution in [-0.2, 0) is 9.53 Å². The van der Waals surface area contributed by atoms with E-state index in [0.29, 0.717) is 25.8 Å². The predicted octanol–water partition coefficient (Wildman–Crippen LogP) is 1.33. The summed E-state index contributed by atoms with van der Waals surface area (Å²) in [5, 5.41) is 3.04. The van der Waals surface area contributed by atoms with Crippen LogP contribution in [0.2, 0.25) is 0 Å². The Kier molecular flexibility index (Phi) is 3.70. The van der Waals surface area contributed by atoms with Gasteiger partial charge in [0.15, 0.2) is 0 Å². The van der Waals surface area contributed by atoms with Gasteiger partial charge in [0.2, 0.25) is 5.91 Å². The molecule has 19 heavy (non-hydrogen) atoms. The Morgan fingerprint density at radius 3 is 3.00 bits per heavy atom. The SMILES string of the molecule is O=C(NC1CC1)C1COCCN1c1ccc(Br)cn1. The van der Waals surface area contributed by atoms with Crippen LogP contribution in [-0.4, -0.2) is 42.7 Å². The molecule has 1 atom stereocenters. The van der Waals surface area contributed by atoms with E-state index in [1.807, 2.05) is 17.0 Å². The highest BCUT2D eigenvalue weighted by molar-refractivity contribution is 9.10. The number of hydrogen-bond donors (Lipinski definition) is 1. The van der Waals surface area contributed by atoms with Crippen molar-refractivity contribution in [3.63, 3.8) is 0 Å². The maximum Gasteiger partial charge on any atom is 0.245 e. The van der Waals surface area contributed by atoms with Crippen LogP contribution in [0.1, 0.15) is 12.8 Å². The monoisotopic (exact) mass is 325 g/mol. The Labute approximate surface area is 120 Å². The van der Waals surface area contributed by atoms with Gasteiger partial charge in [0.05, 0.1) is 13.2 Å². The molecule has 1 N–H and O–H groups in total. The number of carbonyl (C=O) groups is 1. The molecule has 5 nitrogen and oxygen atoms in total. The van der Waals surface area contributed by atoms with Crippen LogP contribution in [0.3, 0.4) is 0 Å². The summed E-state index contributed by atoms with van der Waals surface area (Å²) in [7, 11) is 0. The third kappa shape index (κ3) is 3.06. The molecule has 1 saturated carbocycles. The van der Waals surface area contributed by atoms with Crippen LogP contribution in [0, 0.1) is 0 Å². The molecular weight excluding hydrogens is 310 g/mol. The molecule has 1 aromatic heterocycles. The molecule has 0 bridgehead atoms. The summed E-state index contributed by atoms with van der Waals surface area (Å²) in [6, 6.07) is 3.96. The van der Waals surface area contributed by atoms with Gasteiger partial charge in [-0.15, -0.1) is 0 Å². The Balaban J connectivity index is 1.75. The van der Waals surface area contributed by atoms with Crippen LogP contribution in [0.25, 0.3) is 0 Å². The molecule has 1 amide bonds. The maximum absolute atomic E-state index is 12.2. The van der Waals surface area contributed by atoms with Gasteiger partial charge in [-0.2, -0.15) is 0 Å². The first kappa shape index (κ1) is 12.9. The van der Waals surface area contributed by atoms with Gasteiger partial charge in [-0.05, 0) is 40.9 Å². The van der Waals surface area contributed by atoms with Gasteiger partial charge in [0.1, 0.15) is 11.9 Å². The minimum Gasteiger partial charge on any atom is -0.377 e. The lowest BCUT2D eigenvalue weighted by Gasteiger charge is -2.35. The minimum atomic E-state index is -0.275. The molecule has 1 saturated heterocycles. The third-order valence-corrected chi connectivity index (χ3v) is 3.83. The fourth-order valence-corrected chi connectivity index (χ4v) is 2.39. The fourth-order valence-electron chi connectivity index (χ4n) is 2.16. The molecule has 1 aliphatic carbocycles. The molecule has 3 rings (SSSR count). The van der Waals surface area contributed by atoms with Gasteiger partial charge < -0.3 is 15.0 Å². The number of halogens is 1. The van der Waals surface area contributed by atoms with Crippen molar-refractivity contribution in [3.8, 4) is 0 Å². The van der Waals surface area contributed by atoms with E-state index < -0.39 is 0 Å². The van der Waals surface area contributed by atoms with E-state index in [4.69, 9.17) is 4.74 Å². The number of hydrogen-bond acceptors (Lipinski definition) is 4. The van der Waals surface area contributed by atoms with Gasteiger partial charge in [0.25, 0.3) is 0 Å². The molecule has 1 aliphatic heterocycles. The largest absolute Gasteiger partial charge is 0.377 e. The van der Waals surface area contributed by atoms with E-state index in [1.54, 1.807) is 6.20 Å². The number of morpholine rings is 1. The number of nitrogens with one attached hydrogen (secondary N) is 1. The van der Waals surface area contributed by atoms with Crippen LogP contribution in [0.15, 0.2) is 22.8 Å². The van der Waals surface area contributed by atoms with Gasteiger partial charge in [0, 0.05) is 23.3 Å². The molecule has 1 aromatic rings. The minimum absolute atomic E-state index is 0.0481. The van der Waals surface area contributed by atoms with E-state index in [2.05, 4.69) is 26.2 Å². The molecule has 2 fully saturated rings. The van der Waals surface area contributed by atoms with E-state index in [1.165, 1.54) is 0 Å². The number of aromatic nitrogens is 1. The number of rotatable bonds is 3. The molecule has 2 heterocycles. The summed E-state index contributed by atoms with van der Waals surface area (Å²) in [4.78, 5) is 18.6. The Hall–Kier alpha value is -1.14. The van der Waals surface area contributed by atoms with Crippen molar-refractivity contribution in [2.75, 3.05) is 24.7 Å². The molecule has 102 valence electrons. The molecule has 0 radical (unpaired) electrons. The second-order valence-corrected chi connectivity index (χ2v) is 5.82. The van der Waals surface area contributed by atoms with E-state index >= 15 is 0 Å². The summed E-state index contributed by atoms with van der Waals surface area (Å²) in [5.74, 6) is 0.870. The number of pyridine rings is 1. The molecule has 0 aromatic carbocycles. The van der Waals surface area contributed by atoms with Gasteiger partial charge in [-0.1, -0.05) is 0 Å². The number of anilines is 1. The lowest BCUT2D eigenvalue weighted by molar-refractivity contribution is -0.124. The van der Waals surface area contributed by atoms with Crippen molar-refractivity contribution in [3.05, 3.63) is 22.8 Å². The second-order valence-electron chi connectivity index (χ2n) is 4.90. The summed E-state index contributed by atoms with van der Waals surface area (Å²) < 4.78 is 6.37. The second kappa shape index (κ2) is 5.46. The van der Waals surface area contributed by atoms with Crippen LogP contribution in [0.5, 0.6) is 0 Å². The van der Waals surface area contributed by atoms with E-state index in [9.17, 15) is 4.79 Å². The maximum atomic E-state index is 12.2. The number of nitrogens with zero attached hydrogens (tertiary/aromatic N) is 2. The van der Waals surface area contributed by atoms with Gasteiger partial charge in [-0.3, -0.25) is 4.79 Å². The number of ether oxygens (including phenoxy) is 1. The van der Waals surface area contributed by atoms with Crippen LogP contribution < -0.4 is 10.2 Å². The zero-order valence-corrected chi connectivity index (χ0v) is 12.1. The normalized spacial score (nSPS) is 23.2. The lowest BCUT2D eigenvalue weighted by atomic mass is 10.2. The highest BCUT2D eigenvalue weighted by atomic mass is 79.9. The van der Waals surface area contributed by atoms with E-state index in [0.717, 1.165) is 23.1 Å². The average molecular weight is 326 g/mol.